The van der Waals surface area contributed by atoms with Gasteiger partial charge in [0.15, 0.2) is 0 Å². The Morgan fingerprint density at radius 3 is 2.64 bits per heavy atom. The molecule has 1 N–H and O–H groups in total. The number of rotatable bonds is 4. The van der Waals surface area contributed by atoms with E-state index in [9.17, 15) is 9.59 Å². The third-order valence-corrected chi connectivity index (χ3v) is 5.21. The summed E-state index contributed by atoms with van der Waals surface area (Å²) in [4.78, 5) is 33.7. The van der Waals surface area contributed by atoms with Crippen LogP contribution in [0.25, 0.3) is 0 Å². The lowest BCUT2D eigenvalue weighted by Gasteiger charge is -2.29. The van der Waals surface area contributed by atoms with Crippen molar-refractivity contribution in [1.29, 1.82) is 0 Å². The summed E-state index contributed by atoms with van der Waals surface area (Å²) in [7, 11) is 3.74. The van der Waals surface area contributed by atoms with Gasteiger partial charge in [0.1, 0.15) is 11.9 Å². The number of aromatic nitrogens is 1. The fourth-order valence-corrected chi connectivity index (χ4v) is 3.90. The van der Waals surface area contributed by atoms with Crippen molar-refractivity contribution in [2.75, 3.05) is 25.5 Å². The molecule has 1 atom stereocenters. The molecule has 3 rings (SSSR count). The normalized spacial score (nSPS) is 21.2. The van der Waals surface area contributed by atoms with Gasteiger partial charge in [-0.15, -0.1) is 0 Å². The first-order valence-electron chi connectivity index (χ1n) is 9.31. The van der Waals surface area contributed by atoms with Gasteiger partial charge in [0.2, 0.25) is 5.91 Å². The molecule has 136 valence electrons. The number of carbonyl (C=O) groups excluding carboxylic acids is 2. The molecular weight excluding hydrogens is 316 g/mol. The van der Waals surface area contributed by atoms with Crippen molar-refractivity contribution in [2.45, 2.75) is 57.0 Å². The molecule has 1 saturated heterocycles. The van der Waals surface area contributed by atoms with E-state index < -0.39 is 0 Å². The van der Waals surface area contributed by atoms with Crippen LogP contribution in [0.5, 0.6) is 0 Å². The van der Waals surface area contributed by atoms with Crippen molar-refractivity contribution in [3.8, 4) is 0 Å². The van der Waals surface area contributed by atoms with Crippen LogP contribution in [-0.4, -0.2) is 54.4 Å². The highest BCUT2D eigenvalue weighted by molar-refractivity contribution is 6.01. The minimum atomic E-state index is -0.357. The Kier molecular flexibility index (Phi) is 5.56. The number of anilines is 1. The van der Waals surface area contributed by atoms with Crippen LogP contribution in [0.1, 0.15) is 55.3 Å². The number of likely N-dealkylation sites (tertiary alicyclic amines) is 1. The Hall–Kier alpha value is -2.11. The SMILES string of the molecule is CN(C)c1ncccc1C(=O)N1CCC[C@H]1C(=O)NC1CCCCC1. The van der Waals surface area contributed by atoms with E-state index in [1.54, 1.807) is 23.2 Å². The van der Waals surface area contributed by atoms with Crippen molar-refractivity contribution in [1.82, 2.24) is 15.2 Å². The van der Waals surface area contributed by atoms with E-state index >= 15 is 0 Å². The molecule has 0 unspecified atom stereocenters. The number of amides is 2. The Labute approximate surface area is 149 Å². The zero-order valence-corrected chi connectivity index (χ0v) is 15.2. The van der Waals surface area contributed by atoms with Crippen LogP contribution in [0.4, 0.5) is 5.82 Å². The van der Waals surface area contributed by atoms with E-state index in [1.165, 1.54) is 19.3 Å². The molecule has 6 heteroatoms. The van der Waals surface area contributed by atoms with E-state index in [4.69, 9.17) is 0 Å². The summed E-state index contributed by atoms with van der Waals surface area (Å²) < 4.78 is 0. The number of pyridine rings is 1. The van der Waals surface area contributed by atoms with Crippen molar-refractivity contribution in [3.63, 3.8) is 0 Å². The van der Waals surface area contributed by atoms with E-state index in [1.807, 2.05) is 19.0 Å². The van der Waals surface area contributed by atoms with Gasteiger partial charge in [-0.25, -0.2) is 4.98 Å². The first-order chi connectivity index (χ1) is 12.1. The van der Waals surface area contributed by atoms with Gasteiger partial charge >= 0.3 is 0 Å². The summed E-state index contributed by atoms with van der Waals surface area (Å²) in [5.41, 5.74) is 0.560. The third-order valence-electron chi connectivity index (χ3n) is 5.21. The monoisotopic (exact) mass is 344 g/mol. The molecule has 1 saturated carbocycles. The predicted octanol–water partition coefficient (Wildman–Crippen LogP) is 2.20. The fraction of sp³-hybridized carbons (Fsp3) is 0.632. The number of nitrogens with one attached hydrogen (secondary N) is 1. The van der Waals surface area contributed by atoms with Gasteiger partial charge in [0, 0.05) is 32.9 Å². The molecule has 0 bridgehead atoms. The summed E-state index contributed by atoms with van der Waals surface area (Å²) in [5, 5.41) is 3.18. The van der Waals surface area contributed by atoms with Crippen LogP contribution in [0.3, 0.4) is 0 Å². The smallest absolute Gasteiger partial charge is 0.258 e. The summed E-state index contributed by atoms with van der Waals surface area (Å²) >= 11 is 0. The van der Waals surface area contributed by atoms with Crippen LogP contribution >= 0.6 is 0 Å². The van der Waals surface area contributed by atoms with E-state index in [0.29, 0.717) is 17.9 Å². The molecule has 25 heavy (non-hydrogen) atoms. The van der Waals surface area contributed by atoms with Crippen LogP contribution < -0.4 is 10.2 Å². The molecule has 2 fully saturated rings. The van der Waals surface area contributed by atoms with Crippen LogP contribution in [0.15, 0.2) is 18.3 Å². The standard InChI is InChI=1S/C19H28N4O2/c1-22(2)17-15(10-6-12-20-17)19(25)23-13-7-11-16(23)18(24)21-14-8-4-3-5-9-14/h6,10,12,14,16H,3-5,7-9,11,13H2,1-2H3,(H,21,24)/t16-/m0/s1. The largest absolute Gasteiger partial charge is 0.362 e. The lowest BCUT2D eigenvalue weighted by Crippen LogP contribution is -2.49. The van der Waals surface area contributed by atoms with E-state index in [-0.39, 0.29) is 23.9 Å². The molecule has 2 aliphatic rings. The van der Waals surface area contributed by atoms with Gasteiger partial charge in [0.25, 0.3) is 5.91 Å². The minimum Gasteiger partial charge on any atom is -0.362 e. The lowest BCUT2D eigenvalue weighted by atomic mass is 9.95. The lowest BCUT2D eigenvalue weighted by molar-refractivity contribution is -0.125. The first-order valence-corrected chi connectivity index (χ1v) is 9.31. The summed E-state index contributed by atoms with van der Waals surface area (Å²) in [6, 6.07) is 3.48. The second-order valence-electron chi connectivity index (χ2n) is 7.27. The van der Waals surface area contributed by atoms with Crippen molar-refractivity contribution in [3.05, 3.63) is 23.9 Å². The molecule has 2 amide bonds. The number of nitrogens with zero attached hydrogens (tertiary/aromatic N) is 3. The quantitative estimate of drug-likeness (QED) is 0.909. The van der Waals surface area contributed by atoms with Gasteiger partial charge in [-0.3, -0.25) is 9.59 Å². The highest BCUT2D eigenvalue weighted by Crippen LogP contribution is 2.25. The maximum atomic E-state index is 13.1. The molecular formula is C19H28N4O2. The Bertz CT molecular complexity index is 626. The van der Waals surface area contributed by atoms with Crippen LogP contribution in [0, 0.1) is 0 Å². The first kappa shape index (κ1) is 17.7. The van der Waals surface area contributed by atoms with Crippen LogP contribution in [-0.2, 0) is 4.79 Å². The molecule has 2 heterocycles. The van der Waals surface area contributed by atoms with Gasteiger partial charge in [-0.1, -0.05) is 19.3 Å². The van der Waals surface area contributed by atoms with Crippen molar-refractivity contribution >= 4 is 17.6 Å². The number of hydrogen-bond donors (Lipinski definition) is 1. The Morgan fingerprint density at radius 1 is 1.16 bits per heavy atom. The van der Waals surface area contributed by atoms with Crippen LogP contribution in [0.2, 0.25) is 0 Å². The molecule has 1 aliphatic carbocycles. The zero-order valence-electron chi connectivity index (χ0n) is 15.2. The second kappa shape index (κ2) is 7.85. The zero-order chi connectivity index (χ0) is 17.8. The topological polar surface area (TPSA) is 65.5 Å². The predicted molar refractivity (Wildman–Crippen MR) is 97.6 cm³/mol. The molecule has 6 nitrogen and oxygen atoms in total. The summed E-state index contributed by atoms with van der Waals surface area (Å²) in [6.45, 7) is 0.628. The second-order valence-corrected chi connectivity index (χ2v) is 7.27. The van der Waals surface area contributed by atoms with E-state index in [0.717, 1.165) is 25.7 Å². The maximum Gasteiger partial charge on any atom is 0.258 e. The Balaban J connectivity index is 1.72. The molecule has 1 aliphatic heterocycles. The van der Waals surface area contributed by atoms with Gasteiger partial charge in [-0.05, 0) is 37.8 Å². The van der Waals surface area contributed by atoms with Gasteiger partial charge in [0.05, 0.1) is 5.56 Å². The molecule has 0 aromatic carbocycles. The minimum absolute atomic E-state index is 0.00745. The average molecular weight is 344 g/mol. The van der Waals surface area contributed by atoms with Gasteiger partial charge in [-0.2, -0.15) is 0 Å². The number of carbonyl (C=O) groups is 2. The highest BCUT2D eigenvalue weighted by Gasteiger charge is 2.36. The van der Waals surface area contributed by atoms with Crippen molar-refractivity contribution in [2.24, 2.45) is 0 Å². The molecule has 1 aromatic heterocycles. The highest BCUT2D eigenvalue weighted by atomic mass is 16.2. The summed E-state index contributed by atoms with van der Waals surface area (Å²) in [5.74, 6) is 0.553. The molecule has 0 radical (unpaired) electrons. The maximum absolute atomic E-state index is 13.1. The third kappa shape index (κ3) is 3.94. The molecule has 0 spiro atoms. The number of hydrogen-bond acceptors (Lipinski definition) is 4. The Morgan fingerprint density at radius 2 is 1.92 bits per heavy atom. The van der Waals surface area contributed by atoms with E-state index in [2.05, 4.69) is 10.3 Å². The summed E-state index contributed by atoms with van der Waals surface area (Å²) in [6.07, 6.45) is 9.02. The van der Waals surface area contributed by atoms with Gasteiger partial charge < -0.3 is 15.1 Å². The molecule has 1 aromatic rings. The average Bonchev–Trinajstić information content (AvgIpc) is 3.12. The fourth-order valence-electron chi connectivity index (χ4n) is 3.90. The van der Waals surface area contributed by atoms with Crippen molar-refractivity contribution < 1.29 is 9.59 Å².